The lowest BCUT2D eigenvalue weighted by Gasteiger charge is -1.96. The molecule has 0 aliphatic heterocycles. The molecule has 0 aliphatic carbocycles. The number of rotatable bonds is 4. The van der Waals surface area contributed by atoms with Gasteiger partial charge in [0, 0.05) is 0 Å². The predicted molar refractivity (Wildman–Crippen MR) is 60.3 cm³/mol. The maximum Gasteiger partial charge on any atom is 0.339 e. The second kappa shape index (κ2) is 4.41. The molecule has 0 spiro atoms. The first kappa shape index (κ1) is 11.2. The third kappa shape index (κ3) is 2.10. The summed E-state index contributed by atoms with van der Waals surface area (Å²) < 4.78 is 10.2. The number of carbonyl (C=O) groups is 1. The van der Waals surface area contributed by atoms with Gasteiger partial charge in [-0.25, -0.2) is 4.79 Å². The fourth-order valence-electron chi connectivity index (χ4n) is 1.60. The van der Waals surface area contributed by atoms with E-state index in [1.165, 1.54) is 23.4 Å². The number of nitrogens with zero attached hydrogens (tertiary/aromatic N) is 4. The largest absolute Gasteiger partial charge is 0.478 e. The van der Waals surface area contributed by atoms with Crippen LogP contribution >= 0.6 is 0 Å². The lowest BCUT2D eigenvalue weighted by atomic mass is 10.2. The molecule has 3 heterocycles. The van der Waals surface area contributed by atoms with Crippen molar-refractivity contribution in [1.82, 2.24) is 20.2 Å². The van der Waals surface area contributed by atoms with Crippen molar-refractivity contribution in [3.8, 4) is 11.6 Å². The molecule has 0 aromatic carbocycles. The minimum atomic E-state index is -1.06. The van der Waals surface area contributed by atoms with Crippen LogP contribution in [-0.4, -0.2) is 31.3 Å². The molecular weight excluding hydrogens is 252 g/mol. The zero-order valence-electron chi connectivity index (χ0n) is 9.55. The number of aromatic carboxylic acids is 1. The third-order valence-electron chi connectivity index (χ3n) is 2.46. The second-order valence-corrected chi connectivity index (χ2v) is 3.68. The van der Waals surface area contributed by atoms with E-state index in [0.717, 1.165) is 0 Å². The van der Waals surface area contributed by atoms with Crippen LogP contribution in [0.1, 0.15) is 16.1 Å². The van der Waals surface area contributed by atoms with E-state index in [2.05, 4.69) is 15.4 Å². The van der Waals surface area contributed by atoms with Gasteiger partial charge in [0.15, 0.2) is 5.76 Å². The third-order valence-corrected chi connectivity index (χ3v) is 2.46. The average Bonchev–Trinajstić information content (AvgIpc) is 3.09. The van der Waals surface area contributed by atoms with E-state index >= 15 is 0 Å². The maximum atomic E-state index is 10.9. The van der Waals surface area contributed by atoms with Crippen molar-refractivity contribution in [2.75, 3.05) is 0 Å². The van der Waals surface area contributed by atoms with Gasteiger partial charge < -0.3 is 13.9 Å². The number of hydrogen-bond acceptors (Lipinski definition) is 6. The first-order valence-corrected chi connectivity index (χ1v) is 5.35. The first-order valence-electron chi connectivity index (χ1n) is 5.35. The Morgan fingerprint density at radius 1 is 1.32 bits per heavy atom. The second-order valence-electron chi connectivity index (χ2n) is 3.68. The monoisotopic (exact) mass is 260 g/mol. The molecule has 0 aliphatic rings. The summed E-state index contributed by atoms with van der Waals surface area (Å²) in [6.45, 7) is 0.0857. The Labute approximate surface area is 106 Å². The fourth-order valence-corrected chi connectivity index (χ4v) is 1.60. The van der Waals surface area contributed by atoms with Gasteiger partial charge in [-0.05, 0) is 23.4 Å². The highest BCUT2D eigenvalue weighted by Gasteiger charge is 2.16. The van der Waals surface area contributed by atoms with Gasteiger partial charge >= 0.3 is 5.97 Å². The highest BCUT2D eigenvalue weighted by atomic mass is 16.4. The Hall–Kier alpha value is -2.90. The number of hydrogen-bond donors (Lipinski definition) is 1. The molecular formula is C11H8N4O4. The van der Waals surface area contributed by atoms with E-state index in [4.69, 9.17) is 13.9 Å². The van der Waals surface area contributed by atoms with Crippen molar-refractivity contribution in [3.63, 3.8) is 0 Å². The molecule has 3 aromatic rings. The van der Waals surface area contributed by atoms with Crippen molar-refractivity contribution >= 4 is 5.97 Å². The van der Waals surface area contributed by atoms with Crippen molar-refractivity contribution < 1.29 is 18.7 Å². The van der Waals surface area contributed by atoms with Gasteiger partial charge in [-0.15, -0.1) is 10.2 Å². The SMILES string of the molecule is O=C(O)c1ccoc1Cn1nnc(-c2ccco2)n1. The fraction of sp³-hybridized carbons (Fsp3) is 0.0909. The molecule has 0 bridgehead atoms. The molecule has 0 saturated carbocycles. The zero-order valence-corrected chi connectivity index (χ0v) is 9.55. The highest BCUT2D eigenvalue weighted by Crippen LogP contribution is 2.15. The van der Waals surface area contributed by atoms with Crippen molar-refractivity contribution in [1.29, 1.82) is 0 Å². The Morgan fingerprint density at radius 2 is 2.21 bits per heavy atom. The molecule has 96 valence electrons. The molecule has 1 N–H and O–H groups in total. The maximum absolute atomic E-state index is 10.9. The van der Waals surface area contributed by atoms with Gasteiger partial charge in [0.05, 0.1) is 12.5 Å². The van der Waals surface area contributed by atoms with Crippen molar-refractivity contribution in [3.05, 3.63) is 42.0 Å². The Balaban J connectivity index is 1.84. The molecule has 0 saturated heterocycles. The highest BCUT2D eigenvalue weighted by molar-refractivity contribution is 5.88. The summed E-state index contributed by atoms with van der Waals surface area (Å²) in [7, 11) is 0. The van der Waals surface area contributed by atoms with Gasteiger partial charge in [0.1, 0.15) is 17.9 Å². The number of carboxylic acid groups (broad SMARTS) is 1. The van der Waals surface area contributed by atoms with Crippen LogP contribution in [-0.2, 0) is 6.54 Å². The van der Waals surface area contributed by atoms with E-state index in [0.29, 0.717) is 11.6 Å². The van der Waals surface area contributed by atoms with Crippen LogP contribution in [0.3, 0.4) is 0 Å². The van der Waals surface area contributed by atoms with Crippen LogP contribution in [0, 0.1) is 0 Å². The molecule has 19 heavy (non-hydrogen) atoms. The van der Waals surface area contributed by atoms with Crippen LogP contribution in [0.25, 0.3) is 11.6 Å². The van der Waals surface area contributed by atoms with E-state index in [1.807, 2.05) is 0 Å². The summed E-state index contributed by atoms with van der Waals surface area (Å²) in [4.78, 5) is 12.2. The average molecular weight is 260 g/mol. The van der Waals surface area contributed by atoms with Gasteiger partial charge in [0.2, 0.25) is 5.82 Å². The van der Waals surface area contributed by atoms with Crippen LogP contribution < -0.4 is 0 Å². The lowest BCUT2D eigenvalue weighted by Crippen LogP contribution is -2.07. The molecule has 3 aromatic heterocycles. The van der Waals surface area contributed by atoms with E-state index in [9.17, 15) is 4.79 Å². The number of furan rings is 2. The smallest absolute Gasteiger partial charge is 0.339 e. The van der Waals surface area contributed by atoms with E-state index in [1.54, 1.807) is 12.1 Å². The number of carboxylic acids is 1. The summed E-state index contributed by atoms with van der Waals surface area (Å²) in [5.41, 5.74) is 0.0804. The quantitative estimate of drug-likeness (QED) is 0.752. The van der Waals surface area contributed by atoms with E-state index in [-0.39, 0.29) is 17.9 Å². The molecule has 0 amide bonds. The normalized spacial score (nSPS) is 10.7. The molecule has 8 heteroatoms. The molecule has 0 unspecified atom stereocenters. The summed E-state index contributed by atoms with van der Waals surface area (Å²) in [5.74, 6) is 0.0172. The van der Waals surface area contributed by atoms with Gasteiger partial charge in [-0.1, -0.05) is 0 Å². The van der Waals surface area contributed by atoms with E-state index < -0.39 is 5.97 Å². The molecule has 3 rings (SSSR count). The van der Waals surface area contributed by atoms with Crippen molar-refractivity contribution in [2.24, 2.45) is 0 Å². The summed E-state index contributed by atoms with van der Waals surface area (Å²) in [6, 6.07) is 4.80. The van der Waals surface area contributed by atoms with Crippen molar-refractivity contribution in [2.45, 2.75) is 6.54 Å². The first-order chi connectivity index (χ1) is 9.24. The Kier molecular flexibility index (Phi) is 2.60. The summed E-state index contributed by atoms with van der Waals surface area (Å²) in [6.07, 6.45) is 2.81. The Bertz CT molecular complexity index is 698. The molecule has 0 atom stereocenters. The Morgan fingerprint density at radius 3 is 2.95 bits per heavy atom. The minimum Gasteiger partial charge on any atom is -0.478 e. The van der Waals surface area contributed by atoms with Crippen LogP contribution in [0.2, 0.25) is 0 Å². The summed E-state index contributed by atoms with van der Waals surface area (Å²) in [5, 5.41) is 20.6. The van der Waals surface area contributed by atoms with Crippen LogP contribution in [0.4, 0.5) is 0 Å². The van der Waals surface area contributed by atoms with Gasteiger partial charge in [0.25, 0.3) is 0 Å². The number of tetrazole rings is 1. The molecule has 0 fully saturated rings. The van der Waals surface area contributed by atoms with Gasteiger partial charge in [-0.2, -0.15) is 4.80 Å². The molecule has 0 radical (unpaired) electrons. The topological polar surface area (TPSA) is 107 Å². The predicted octanol–water partition coefficient (Wildman–Crippen LogP) is 1.27. The minimum absolute atomic E-state index is 0.0804. The van der Waals surface area contributed by atoms with Crippen LogP contribution in [0.5, 0.6) is 0 Å². The summed E-state index contributed by atoms with van der Waals surface area (Å²) >= 11 is 0. The van der Waals surface area contributed by atoms with Gasteiger partial charge in [-0.3, -0.25) is 0 Å². The zero-order chi connectivity index (χ0) is 13.2. The standard InChI is InChI=1S/C11H8N4O4/c16-11(17)7-3-5-19-9(7)6-15-13-10(12-14-15)8-2-1-4-18-8/h1-5H,6H2,(H,16,17). The molecule has 8 nitrogen and oxygen atoms in total. The van der Waals surface area contributed by atoms with Crippen LogP contribution in [0.15, 0.2) is 39.6 Å². The number of aromatic nitrogens is 4. The lowest BCUT2D eigenvalue weighted by molar-refractivity contribution is 0.0694.